The van der Waals surface area contributed by atoms with Crippen LogP contribution in [0.15, 0.2) is 58.4 Å². The molecule has 0 atom stereocenters. The molecule has 25 heavy (non-hydrogen) atoms. The molecule has 3 rings (SSSR count). The molecule has 0 saturated heterocycles. The van der Waals surface area contributed by atoms with Crippen molar-refractivity contribution in [3.05, 3.63) is 74.5 Å². The van der Waals surface area contributed by atoms with Crippen LogP contribution in [0.5, 0.6) is 0 Å². The lowest BCUT2D eigenvalue weighted by molar-refractivity contribution is 0.0699. The molecule has 2 aromatic carbocycles. The number of hydrogen-bond donors (Lipinski definition) is 2. The molecule has 2 N–H and O–H groups in total. The number of carbonyl (C=O) groups is 2. The van der Waals surface area contributed by atoms with E-state index < -0.39 is 5.97 Å². The second-order valence-corrected chi connectivity index (χ2v) is 7.36. The minimum atomic E-state index is -1.10. The summed E-state index contributed by atoms with van der Waals surface area (Å²) in [5.74, 6) is -1.47. The van der Waals surface area contributed by atoms with E-state index >= 15 is 0 Å². The Morgan fingerprint density at radius 3 is 2.48 bits per heavy atom. The van der Waals surface area contributed by atoms with Crippen molar-refractivity contribution in [3.63, 3.8) is 0 Å². The van der Waals surface area contributed by atoms with E-state index in [1.807, 2.05) is 6.07 Å². The van der Waals surface area contributed by atoms with E-state index in [0.29, 0.717) is 21.2 Å². The number of carboxylic acid groups (broad SMARTS) is 1. The molecule has 0 aliphatic carbocycles. The maximum atomic E-state index is 12.4. The van der Waals surface area contributed by atoms with E-state index in [0.717, 1.165) is 10.0 Å². The van der Waals surface area contributed by atoms with Gasteiger partial charge in [-0.3, -0.25) is 4.79 Å². The molecule has 4 nitrogen and oxygen atoms in total. The second-order valence-electron chi connectivity index (χ2n) is 5.13. The number of rotatable bonds is 4. The number of carboxylic acids is 1. The van der Waals surface area contributed by atoms with Crippen molar-refractivity contribution in [1.82, 2.24) is 0 Å². The highest BCUT2D eigenvalue weighted by Gasteiger charge is 2.21. The molecular weight excluding hydrogens is 426 g/mol. The minimum absolute atomic E-state index is 0.0654. The molecule has 0 bridgehead atoms. The summed E-state index contributed by atoms with van der Waals surface area (Å²) < 4.78 is 0.770. The highest BCUT2D eigenvalue weighted by molar-refractivity contribution is 9.10. The summed E-state index contributed by atoms with van der Waals surface area (Å²) >= 11 is 10.4. The molecule has 0 radical (unpaired) electrons. The third kappa shape index (κ3) is 3.92. The molecule has 0 aliphatic rings. The molecule has 0 fully saturated rings. The van der Waals surface area contributed by atoms with E-state index in [9.17, 15) is 14.7 Å². The van der Waals surface area contributed by atoms with Crippen LogP contribution in [0.4, 0.5) is 5.00 Å². The number of thiophene rings is 1. The summed E-state index contributed by atoms with van der Waals surface area (Å²) in [4.78, 5) is 24.1. The number of carbonyl (C=O) groups excluding carboxylic acids is 1. The summed E-state index contributed by atoms with van der Waals surface area (Å²) in [5.41, 5.74) is 1.77. The van der Waals surface area contributed by atoms with Crippen molar-refractivity contribution in [3.8, 4) is 11.1 Å². The number of aromatic carboxylic acids is 1. The fraction of sp³-hybridized carbons (Fsp3) is 0. The van der Waals surface area contributed by atoms with Gasteiger partial charge in [0.2, 0.25) is 0 Å². The minimum Gasteiger partial charge on any atom is -0.478 e. The lowest BCUT2D eigenvalue weighted by Crippen LogP contribution is -2.13. The van der Waals surface area contributed by atoms with Crippen molar-refractivity contribution < 1.29 is 14.7 Å². The number of hydrogen-bond acceptors (Lipinski definition) is 3. The van der Waals surface area contributed by atoms with Crippen LogP contribution in [0.1, 0.15) is 20.7 Å². The first kappa shape index (κ1) is 17.7. The number of amides is 1. The van der Waals surface area contributed by atoms with Gasteiger partial charge in [0.25, 0.3) is 5.91 Å². The van der Waals surface area contributed by atoms with Gasteiger partial charge >= 0.3 is 5.97 Å². The van der Waals surface area contributed by atoms with Gasteiger partial charge in [-0.25, -0.2) is 4.79 Å². The smallest absolute Gasteiger partial charge is 0.339 e. The Hall–Kier alpha value is -2.15. The molecule has 0 saturated carbocycles. The Kier molecular flexibility index (Phi) is 5.22. The lowest BCUT2D eigenvalue weighted by atomic mass is 10.0. The van der Waals surface area contributed by atoms with Gasteiger partial charge in [0, 0.05) is 26.0 Å². The Labute approximate surface area is 161 Å². The number of halogens is 2. The van der Waals surface area contributed by atoms with Crippen molar-refractivity contribution in [2.75, 3.05) is 5.32 Å². The van der Waals surface area contributed by atoms with E-state index in [2.05, 4.69) is 21.2 Å². The van der Waals surface area contributed by atoms with Crippen LogP contribution >= 0.6 is 38.9 Å². The first-order valence-corrected chi connectivity index (χ1v) is 9.18. The zero-order valence-corrected chi connectivity index (χ0v) is 15.8. The maximum absolute atomic E-state index is 12.4. The SMILES string of the molecule is O=C(Nc1scc(-c2ccc(Cl)cc2)c1C(=O)O)c1cccc(Br)c1. The lowest BCUT2D eigenvalue weighted by Gasteiger charge is -2.06. The maximum Gasteiger partial charge on any atom is 0.339 e. The average Bonchev–Trinajstić information content (AvgIpc) is 2.99. The fourth-order valence-electron chi connectivity index (χ4n) is 2.31. The zero-order chi connectivity index (χ0) is 18.0. The van der Waals surface area contributed by atoms with Crippen LogP contribution in [0.3, 0.4) is 0 Å². The second kappa shape index (κ2) is 7.39. The third-order valence-electron chi connectivity index (χ3n) is 3.47. The molecule has 0 spiro atoms. The van der Waals surface area contributed by atoms with E-state index in [4.69, 9.17) is 11.6 Å². The van der Waals surface area contributed by atoms with Crippen LogP contribution in [-0.2, 0) is 0 Å². The third-order valence-corrected chi connectivity index (χ3v) is 5.11. The number of anilines is 1. The molecule has 0 aliphatic heterocycles. The number of nitrogens with one attached hydrogen (secondary N) is 1. The van der Waals surface area contributed by atoms with Crippen LogP contribution in [-0.4, -0.2) is 17.0 Å². The fourth-order valence-corrected chi connectivity index (χ4v) is 3.79. The summed E-state index contributed by atoms with van der Waals surface area (Å²) in [6.45, 7) is 0. The topological polar surface area (TPSA) is 66.4 Å². The predicted molar refractivity (Wildman–Crippen MR) is 104 cm³/mol. The van der Waals surface area contributed by atoms with E-state index in [-0.39, 0.29) is 11.5 Å². The van der Waals surface area contributed by atoms with Crippen LogP contribution in [0, 0.1) is 0 Å². The molecule has 1 amide bonds. The van der Waals surface area contributed by atoms with Crippen LogP contribution < -0.4 is 5.32 Å². The van der Waals surface area contributed by atoms with Gasteiger partial charge in [-0.1, -0.05) is 45.7 Å². The molecule has 0 unspecified atom stereocenters. The molecular formula is C18H11BrClNO3S. The predicted octanol–water partition coefficient (Wildman–Crippen LogP) is 5.78. The molecule has 3 aromatic rings. The van der Waals surface area contributed by atoms with Gasteiger partial charge < -0.3 is 10.4 Å². The Balaban J connectivity index is 1.96. The van der Waals surface area contributed by atoms with Gasteiger partial charge in [-0.05, 0) is 35.9 Å². The van der Waals surface area contributed by atoms with E-state index in [1.165, 1.54) is 11.3 Å². The van der Waals surface area contributed by atoms with Crippen molar-refractivity contribution in [2.45, 2.75) is 0 Å². The highest BCUT2D eigenvalue weighted by Crippen LogP contribution is 2.36. The normalized spacial score (nSPS) is 10.5. The van der Waals surface area contributed by atoms with Crippen LogP contribution in [0.2, 0.25) is 5.02 Å². The van der Waals surface area contributed by atoms with Gasteiger partial charge in [0.1, 0.15) is 10.6 Å². The van der Waals surface area contributed by atoms with Crippen LogP contribution in [0.25, 0.3) is 11.1 Å². The first-order valence-electron chi connectivity index (χ1n) is 7.13. The van der Waals surface area contributed by atoms with Gasteiger partial charge in [-0.2, -0.15) is 0 Å². The standard InChI is InChI=1S/C18H11BrClNO3S/c19-12-3-1-2-11(8-12)16(22)21-17-15(18(23)24)14(9-25-17)10-4-6-13(20)7-5-10/h1-9H,(H,21,22)(H,23,24). The summed E-state index contributed by atoms with van der Waals surface area (Å²) in [5, 5.41) is 14.9. The average molecular weight is 437 g/mol. The van der Waals surface area contributed by atoms with Crippen molar-refractivity contribution in [1.29, 1.82) is 0 Å². The molecule has 126 valence electrons. The van der Waals surface area contributed by atoms with Gasteiger partial charge in [0.15, 0.2) is 0 Å². The summed E-state index contributed by atoms with van der Waals surface area (Å²) in [6, 6.07) is 13.8. The largest absolute Gasteiger partial charge is 0.478 e. The number of benzene rings is 2. The monoisotopic (exact) mass is 435 g/mol. The molecule has 7 heteroatoms. The quantitative estimate of drug-likeness (QED) is 0.544. The summed E-state index contributed by atoms with van der Waals surface area (Å²) in [7, 11) is 0. The highest BCUT2D eigenvalue weighted by atomic mass is 79.9. The Morgan fingerprint density at radius 2 is 1.84 bits per heavy atom. The Bertz CT molecular complexity index is 953. The van der Waals surface area contributed by atoms with Gasteiger partial charge in [-0.15, -0.1) is 11.3 Å². The van der Waals surface area contributed by atoms with Crippen molar-refractivity contribution >= 4 is 55.7 Å². The molecule has 1 aromatic heterocycles. The summed E-state index contributed by atoms with van der Waals surface area (Å²) in [6.07, 6.45) is 0. The van der Waals surface area contributed by atoms with E-state index in [1.54, 1.807) is 47.8 Å². The van der Waals surface area contributed by atoms with Crippen molar-refractivity contribution in [2.24, 2.45) is 0 Å². The zero-order valence-electron chi connectivity index (χ0n) is 12.6. The first-order chi connectivity index (χ1) is 12.0. The Morgan fingerprint density at radius 1 is 1.12 bits per heavy atom. The van der Waals surface area contributed by atoms with Gasteiger partial charge in [0.05, 0.1) is 0 Å². The molecule has 1 heterocycles.